The minimum Gasteiger partial charge on any atom is -0.463 e. The molecule has 0 atom stereocenters. The molecule has 0 unspecified atom stereocenters. The standard InChI is InChI=1S/C12H24O2Si/c1-5-9-15(4,10-6-2)11-8-14-12(13)7-3/h7H,3,5-6,8-11H2,1-2,4H3. The zero-order chi connectivity index (χ0) is 11.7. The summed E-state index contributed by atoms with van der Waals surface area (Å²) in [5.41, 5.74) is 0. The first-order valence-corrected chi connectivity index (χ1v) is 8.99. The van der Waals surface area contributed by atoms with Crippen LogP contribution in [-0.2, 0) is 9.53 Å². The van der Waals surface area contributed by atoms with Crippen LogP contribution in [0.2, 0.25) is 24.7 Å². The molecule has 0 N–H and O–H groups in total. The second-order valence-corrected chi connectivity index (χ2v) is 9.55. The van der Waals surface area contributed by atoms with Crippen LogP contribution < -0.4 is 0 Å². The van der Waals surface area contributed by atoms with E-state index in [1.54, 1.807) is 0 Å². The van der Waals surface area contributed by atoms with E-state index in [0.29, 0.717) is 6.61 Å². The van der Waals surface area contributed by atoms with Gasteiger partial charge >= 0.3 is 5.97 Å². The molecule has 0 aliphatic carbocycles. The molecule has 0 aliphatic heterocycles. The zero-order valence-corrected chi connectivity index (χ0v) is 11.3. The Bertz CT molecular complexity index is 196. The van der Waals surface area contributed by atoms with Crippen molar-refractivity contribution in [1.82, 2.24) is 0 Å². The largest absolute Gasteiger partial charge is 0.463 e. The average molecular weight is 228 g/mol. The van der Waals surface area contributed by atoms with Gasteiger partial charge in [-0.05, 0) is 6.04 Å². The molecule has 88 valence electrons. The number of hydrogen-bond donors (Lipinski definition) is 0. The van der Waals surface area contributed by atoms with Gasteiger partial charge in [0, 0.05) is 6.08 Å². The topological polar surface area (TPSA) is 26.3 Å². The normalized spacial score (nSPS) is 11.1. The van der Waals surface area contributed by atoms with Crippen molar-refractivity contribution in [2.75, 3.05) is 6.61 Å². The monoisotopic (exact) mass is 228 g/mol. The SMILES string of the molecule is C=CC(=O)OCC[Si](C)(CCC)CCC. The molecule has 0 saturated carbocycles. The average Bonchev–Trinajstić information content (AvgIpc) is 2.18. The van der Waals surface area contributed by atoms with Gasteiger partial charge in [-0.1, -0.05) is 51.9 Å². The number of esters is 1. The van der Waals surface area contributed by atoms with Crippen LogP contribution in [0, 0.1) is 0 Å². The number of carbonyl (C=O) groups is 1. The van der Waals surface area contributed by atoms with Gasteiger partial charge in [0.1, 0.15) is 0 Å². The maximum Gasteiger partial charge on any atom is 0.330 e. The fraction of sp³-hybridized carbons (Fsp3) is 0.750. The molecule has 0 rings (SSSR count). The van der Waals surface area contributed by atoms with Crippen molar-refractivity contribution < 1.29 is 9.53 Å². The lowest BCUT2D eigenvalue weighted by atomic mass is 10.6. The molecule has 0 fully saturated rings. The summed E-state index contributed by atoms with van der Waals surface area (Å²) in [4.78, 5) is 10.9. The Balaban J connectivity index is 3.94. The molecule has 0 aromatic carbocycles. The predicted octanol–water partition coefficient (Wildman–Crippen LogP) is 3.61. The third-order valence-corrected chi connectivity index (χ3v) is 7.65. The van der Waals surface area contributed by atoms with E-state index in [1.165, 1.54) is 31.0 Å². The quantitative estimate of drug-likeness (QED) is 0.360. The highest BCUT2D eigenvalue weighted by Crippen LogP contribution is 2.24. The highest BCUT2D eigenvalue weighted by Gasteiger charge is 2.24. The number of carbonyl (C=O) groups excluding carboxylic acids is 1. The van der Waals surface area contributed by atoms with E-state index in [4.69, 9.17) is 4.74 Å². The molecule has 0 heterocycles. The van der Waals surface area contributed by atoms with E-state index in [-0.39, 0.29) is 5.97 Å². The maximum atomic E-state index is 10.9. The highest BCUT2D eigenvalue weighted by atomic mass is 28.3. The van der Waals surface area contributed by atoms with E-state index in [9.17, 15) is 4.79 Å². The van der Waals surface area contributed by atoms with Crippen LogP contribution in [-0.4, -0.2) is 20.7 Å². The van der Waals surface area contributed by atoms with Gasteiger partial charge in [-0.15, -0.1) is 0 Å². The Hall–Kier alpha value is -0.573. The van der Waals surface area contributed by atoms with Gasteiger partial charge in [-0.2, -0.15) is 0 Å². The molecule has 2 nitrogen and oxygen atoms in total. The van der Waals surface area contributed by atoms with Crippen LogP contribution in [0.15, 0.2) is 12.7 Å². The molecule has 0 bridgehead atoms. The molecule has 0 saturated heterocycles. The van der Waals surface area contributed by atoms with Crippen LogP contribution in [0.5, 0.6) is 0 Å². The lowest BCUT2D eigenvalue weighted by Gasteiger charge is -2.26. The summed E-state index contributed by atoms with van der Waals surface area (Å²) in [5.74, 6) is -0.292. The molecule has 3 heteroatoms. The van der Waals surface area contributed by atoms with Crippen molar-refractivity contribution in [3.8, 4) is 0 Å². The van der Waals surface area contributed by atoms with E-state index in [2.05, 4.69) is 27.0 Å². The van der Waals surface area contributed by atoms with Crippen LogP contribution in [0.1, 0.15) is 26.7 Å². The summed E-state index contributed by atoms with van der Waals surface area (Å²) in [6.07, 6.45) is 3.73. The van der Waals surface area contributed by atoms with Crippen LogP contribution >= 0.6 is 0 Å². The van der Waals surface area contributed by atoms with Gasteiger partial charge in [-0.25, -0.2) is 4.79 Å². The molecule has 15 heavy (non-hydrogen) atoms. The summed E-state index contributed by atoms with van der Waals surface area (Å²) in [7, 11) is -1.14. The smallest absolute Gasteiger partial charge is 0.330 e. The summed E-state index contributed by atoms with van der Waals surface area (Å²) in [6, 6.07) is 3.77. The second-order valence-electron chi connectivity index (χ2n) is 4.43. The lowest BCUT2D eigenvalue weighted by Crippen LogP contribution is -2.31. The van der Waals surface area contributed by atoms with Gasteiger partial charge in [-0.3, -0.25) is 0 Å². The van der Waals surface area contributed by atoms with Gasteiger partial charge in [0.2, 0.25) is 0 Å². The summed E-state index contributed by atoms with van der Waals surface area (Å²) < 4.78 is 5.06. The van der Waals surface area contributed by atoms with E-state index in [0.717, 1.165) is 6.04 Å². The lowest BCUT2D eigenvalue weighted by molar-refractivity contribution is -0.137. The summed E-state index contributed by atoms with van der Waals surface area (Å²) in [6.45, 7) is 10.8. The van der Waals surface area contributed by atoms with Crippen LogP contribution in [0.25, 0.3) is 0 Å². The third-order valence-electron chi connectivity index (χ3n) is 2.82. The number of rotatable bonds is 8. The second kappa shape index (κ2) is 7.68. The van der Waals surface area contributed by atoms with Gasteiger partial charge in [0.15, 0.2) is 0 Å². The molecular weight excluding hydrogens is 204 g/mol. The van der Waals surface area contributed by atoms with E-state index < -0.39 is 8.07 Å². The highest BCUT2D eigenvalue weighted by molar-refractivity contribution is 6.78. The van der Waals surface area contributed by atoms with Crippen molar-refractivity contribution >= 4 is 14.0 Å². The Morgan fingerprint density at radius 1 is 1.27 bits per heavy atom. The van der Waals surface area contributed by atoms with Crippen molar-refractivity contribution in [3.63, 3.8) is 0 Å². The number of ether oxygens (including phenoxy) is 1. The predicted molar refractivity (Wildman–Crippen MR) is 67.8 cm³/mol. The van der Waals surface area contributed by atoms with Gasteiger partial charge < -0.3 is 4.74 Å². The van der Waals surface area contributed by atoms with E-state index >= 15 is 0 Å². The molecule has 0 aliphatic rings. The zero-order valence-electron chi connectivity index (χ0n) is 10.3. The van der Waals surface area contributed by atoms with Crippen LogP contribution in [0.3, 0.4) is 0 Å². The Morgan fingerprint density at radius 2 is 1.80 bits per heavy atom. The fourth-order valence-corrected chi connectivity index (χ4v) is 5.80. The first kappa shape index (κ1) is 14.4. The molecule has 0 amide bonds. The van der Waals surface area contributed by atoms with Gasteiger partial charge in [0.25, 0.3) is 0 Å². The minimum atomic E-state index is -1.14. The Kier molecular flexibility index (Phi) is 7.39. The summed E-state index contributed by atoms with van der Waals surface area (Å²) >= 11 is 0. The van der Waals surface area contributed by atoms with Crippen molar-refractivity contribution in [1.29, 1.82) is 0 Å². The minimum absolute atomic E-state index is 0.292. The van der Waals surface area contributed by atoms with Crippen molar-refractivity contribution in [2.45, 2.75) is 51.4 Å². The fourth-order valence-electron chi connectivity index (χ4n) is 2.04. The maximum absolute atomic E-state index is 10.9. The summed E-state index contributed by atoms with van der Waals surface area (Å²) in [5, 5.41) is 0. The first-order valence-electron chi connectivity index (χ1n) is 5.87. The molecular formula is C12H24O2Si. The Morgan fingerprint density at radius 3 is 2.20 bits per heavy atom. The molecule has 0 spiro atoms. The third kappa shape index (κ3) is 6.50. The van der Waals surface area contributed by atoms with Crippen molar-refractivity contribution in [3.05, 3.63) is 12.7 Å². The molecule has 0 aromatic heterocycles. The van der Waals surface area contributed by atoms with E-state index in [1.807, 2.05) is 0 Å². The van der Waals surface area contributed by atoms with Crippen LogP contribution in [0.4, 0.5) is 0 Å². The molecule has 0 aromatic rings. The first-order chi connectivity index (χ1) is 7.08. The number of hydrogen-bond acceptors (Lipinski definition) is 2. The van der Waals surface area contributed by atoms with Gasteiger partial charge in [0.05, 0.1) is 14.7 Å². The molecule has 0 radical (unpaired) electrons. The Labute approximate surface area is 94.7 Å². The van der Waals surface area contributed by atoms with Crippen molar-refractivity contribution in [2.24, 2.45) is 0 Å².